The van der Waals surface area contributed by atoms with E-state index in [1.807, 2.05) is 36.4 Å². The van der Waals surface area contributed by atoms with Crippen molar-refractivity contribution in [2.45, 2.75) is 71.1 Å². The molecule has 4 heteroatoms. The van der Waals surface area contributed by atoms with Gasteiger partial charge in [-0.05, 0) is 55.2 Å². The Kier molecular flexibility index (Phi) is 9.10. The zero-order valence-corrected chi connectivity index (χ0v) is 18.7. The molecule has 0 N–H and O–H groups in total. The number of unbranched alkanes of at least 4 members (excludes halogenated alkanes) is 4. The highest BCUT2D eigenvalue weighted by molar-refractivity contribution is 5.75. The summed E-state index contributed by atoms with van der Waals surface area (Å²) in [6.07, 6.45) is 5.93. The molecular formula is C26H34O4. The molecule has 2 rings (SSSR count). The van der Waals surface area contributed by atoms with Crippen LogP contribution in [0.4, 0.5) is 0 Å². The van der Waals surface area contributed by atoms with Gasteiger partial charge in [-0.1, -0.05) is 57.4 Å². The highest BCUT2D eigenvalue weighted by Crippen LogP contribution is 2.33. The van der Waals surface area contributed by atoms with Gasteiger partial charge in [0.15, 0.2) is 0 Å². The van der Waals surface area contributed by atoms with Crippen molar-refractivity contribution in [3.05, 3.63) is 59.7 Å². The third-order valence-corrected chi connectivity index (χ3v) is 5.53. The summed E-state index contributed by atoms with van der Waals surface area (Å²) >= 11 is 0. The molecule has 0 fully saturated rings. The van der Waals surface area contributed by atoms with Gasteiger partial charge in [-0.3, -0.25) is 4.79 Å². The lowest BCUT2D eigenvalue weighted by Crippen LogP contribution is -2.18. The first-order valence-electron chi connectivity index (χ1n) is 10.8. The Hall–Kier alpha value is -2.62. The van der Waals surface area contributed by atoms with Gasteiger partial charge in [-0.25, -0.2) is 0 Å². The number of esters is 1. The summed E-state index contributed by atoms with van der Waals surface area (Å²) < 4.78 is 10.7. The maximum Gasteiger partial charge on any atom is 0.311 e. The van der Waals surface area contributed by atoms with E-state index in [-0.39, 0.29) is 17.2 Å². The smallest absolute Gasteiger partial charge is 0.311 e. The molecule has 30 heavy (non-hydrogen) atoms. The first kappa shape index (κ1) is 23.7. The van der Waals surface area contributed by atoms with Crippen molar-refractivity contribution in [1.82, 2.24) is 0 Å². The topological polar surface area (TPSA) is 52.6 Å². The molecule has 0 saturated heterocycles. The van der Waals surface area contributed by atoms with E-state index in [1.54, 1.807) is 14.0 Å². The van der Waals surface area contributed by atoms with Crippen molar-refractivity contribution in [2.75, 3.05) is 7.11 Å². The third-order valence-electron chi connectivity index (χ3n) is 5.53. The lowest BCUT2D eigenvalue weighted by molar-refractivity contribution is -0.134. The molecule has 0 radical (unpaired) electrons. The predicted molar refractivity (Wildman–Crippen MR) is 120 cm³/mol. The van der Waals surface area contributed by atoms with Crippen molar-refractivity contribution in [3.63, 3.8) is 0 Å². The molecule has 0 heterocycles. The summed E-state index contributed by atoms with van der Waals surface area (Å²) in [4.78, 5) is 23.0. The minimum absolute atomic E-state index is 0.169. The normalized spacial score (nSPS) is 11.2. The van der Waals surface area contributed by atoms with E-state index in [1.165, 1.54) is 5.56 Å². The standard InChI is InChI=1S/C26H34O4/c1-20(27)10-8-6-5-7-9-11-25(28)30-24-18-14-22(15-19-24)26(2,3)21-12-16-23(29-4)17-13-21/h12-19H,5-11H2,1-4H3. The third kappa shape index (κ3) is 7.33. The van der Waals surface area contributed by atoms with E-state index in [2.05, 4.69) is 26.0 Å². The fourth-order valence-corrected chi connectivity index (χ4v) is 3.47. The predicted octanol–water partition coefficient (Wildman–Crippen LogP) is 6.25. The summed E-state index contributed by atoms with van der Waals surface area (Å²) in [6.45, 7) is 5.97. The van der Waals surface area contributed by atoms with Crippen LogP contribution < -0.4 is 9.47 Å². The molecule has 162 valence electrons. The van der Waals surface area contributed by atoms with Crippen molar-refractivity contribution in [2.24, 2.45) is 0 Å². The molecule has 2 aromatic rings. The maximum atomic E-state index is 12.1. The molecule has 0 aliphatic rings. The average Bonchev–Trinajstić information content (AvgIpc) is 2.73. The van der Waals surface area contributed by atoms with Crippen LogP contribution in [0.3, 0.4) is 0 Å². The van der Waals surface area contributed by atoms with Gasteiger partial charge in [-0.15, -0.1) is 0 Å². The first-order valence-corrected chi connectivity index (χ1v) is 10.8. The molecule has 0 amide bonds. The van der Waals surface area contributed by atoms with Crippen molar-refractivity contribution in [1.29, 1.82) is 0 Å². The summed E-state index contributed by atoms with van der Waals surface area (Å²) in [5.41, 5.74) is 2.17. The van der Waals surface area contributed by atoms with Crippen LogP contribution in [0.2, 0.25) is 0 Å². The van der Waals surface area contributed by atoms with Gasteiger partial charge in [0.25, 0.3) is 0 Å². The van der Waals surface area contributed by atoms with E-state index in [9.17, 15) is 9.59 Å². The minimum atomic E-state index is -0.194. The van der Waals surface area contributed by atoms with E-state index in [0.29, 0.717) is 18.6 Å². The molecule has 4 nitrogen and oxygen atoms in total. The molecule has 0 aliphatic heterocycles. The zero-order valence-electron chi connectivity index (χ0n) is 18.7. The quantitative estimate of drug-likeness (QED) is 0.236. The van der Waals surface area contributed by atoms with Crippen LogP contribution in [0.15, 0.2) is 48.5 Å². The molecule has 2 aromatic carbocycles. The Labute approximate surface area is 180 Å². The fourth-order valence-electron chi connectivity index (χ4n) is 3.47. The molecule has 0 unspecified atom stereocenters. The number of Topliss-reactive ketones (excluding diaryl/α,β-unsaturated/α-hetero) is 1. The fraction of sp³-hybridized carbons (Fsp3) is 0.462. The van der Waals surface area contributed by atoms with Crippen LogP contribution in [0, 0.1) is 0 Å². The Morgan fingerprint density at radius 2 is 1.20 bits per heavy atom. The van der Waals surface area contributed by atoms with E-state index < -0.39 is 0 Å². The lowest BCUT2D eigenvalue weighted by Gasteiger charge is -2.26. The van der Waals surface area contributed by atoms with Gasteiger partial charge < -0.3 is 14.3 Å². The molecular weight excluding hydrogens is 376 g/mol. The second kappa shape index (κ2) is 11.5. The largest absolute Gasteiger partial charge is 0.497 e. The first-order chi connectivity index (χ1) is 14.3. The number of methoxy groups -OCH3 is 1. The zero-order chi connectivity index (χ0) is 22.0. The average molecular weight is 411 g/mol. The number of benzene rings is 2. The Bertz CT molecular complexity index is 804. The number of carbonyl (C=O) groups is 2. The highest BCUT2D eigenvalue weighted by atomic mass is 16.5. The van der Waals surface area contributed by atoms with Gasteiger partial charge in [-0.2, -0.15) is 0 Å². The van der Waals surface area contributed by atoms with Gasteiger partial charge in [0.1, 0.15) is 17.3 Å². The summed E-state index contributed by atoms with van der Waals surface area (Å²) in [7, 11) is 1.66. The summed E-state index contributed by atoms with van der Waals surface area (Å²) in [5, 5.41) is 0. The summed E-state index contributed by atoms with van der Waals surface area (Å²) in [5.74, 6) is 1.47. The second-order valence-electron chi connectivity index (χ2n) is 8.32. The number of rotatable bonds is 12. The molecule has 0 aliphatic carbocycles. The number of hydrogen-bond donors (Lipinski definition) is 0. The van der Waals surface area contributed by atoms with Crippen molar-refractivity contribution in [3.8, 4) is 11.5 Å². The maximum absolute atomic E-state index is 12.1. The van der Waals surface area contributed by atoms with Gasteiger partial charge >= 0.3 is 5.97 Å². The molecule has 0 saturated carbocycles. The number of ether oxygens (including phenoxy) is 2. The lowest BCUT2D eigenvalue weighted by atomic mass is 9.78. The van der Waals surface area contributed by atoms with Crippen LogP contribution in [0.25, 0.3) is 0 Å². The van der Waals surface area contributed by atoms with E-state index >= 15 is 0 Å². The SMILES string of the molecule is COc1ccc(C(C)(C)c2ccc(OC(=O)CCCCCCCC(C)=O)cc2)cc1. The Balaban J connectivity index is 1.80. The van der Waals surface area contributed by atoms with Crippen LogP contribution in [-0.4, -0.2) is 18.9 Å². The summed E-state index contributed by atoms with van der Waals surface area (Å²) in [6, 6.07) is 15.8. The van der Waals surface area contributed by atoms with E-state index in [0.717, 1.165) is 43.4 Å². The molecule has 0 spiro atoms. The molecule has 0 bridgehead atoms. The monoisotopic (exact) mass is 410 g/mol. The van der Waals surface area contributed by atoms with Crippen molar-refractivity contribution >= 4 is 11.8 Å². The highest BCUT2D eigenvalue weighted by Gasteiger charge is 2.23. The Morgan fingerprint density at radius 1 is 0.733 bits per heavy atom. The van der Waals surface area contributed by atoms with Crippen LogP contribution in [-0.2, 0) is 15.0 Å². The van der Waals surface area contributed by atoms with Crippen molar-refractivity contribution < 1.29 is 19.1 Å². The number of ketones is 1. The number of carbonyl (C=O) groups excluding carboxylic acids is 2. The Morgan fingerprint density at radius 3 is 1.70 bits per heavy atom. The van der Waals surface area contributed by atoms with Crippen LogP contribution >= 0.6 is 0 Å². The second-order valence-corrected chi connectivity index (χ2v) is 8.32. The molecule has 0 atom stereocenters. The minimum Gasteiger partial charge on any atom is -0.497 e. The van der Waals surface area contributed by atoms with Crippen LogP contribution in [0.5, 0.6) is 11.5 Å². The van der Waals surface area contributed by atoms with Gasteiger partial charge in [0, 0.05) is 18.3 Å². The number of hydrogen-bond acceptors (Lipinski definition) is 4. The van der Waals surface area contributed by atoms with Gasteiger partial charge in [0.2, 0.25) is 0 Å². The van der Waals surface area contributed by atoms with Crippen LogP contribution in [0.1, 0.15) is 76.8 Å². The van der Waals surface area contributed by atoms with Gasteiger partial charge in [0.05, 0.1) is 7.11 Å². The molecule has 0 aromatic heterocycles. The van der Waals surface area contributed by atoms with E-state index in [4.69, 9.17) is 9.47 Å².